The van der Waals surface area contributed by atoms with Crippen molar-refractivity contribution in [1.82, 2.24) is 10.2 Å². The predicted octanol–water partition coefficient (Wildman–Crippen LogP) is 1.42. The molecular weight excluding hydrogens is 180 g/mol. The van der Waals surface area contributed by atoms with Crippen molar-refractivity contribution < 1.29 is 0 Å². The molecule has 0 bridgehead atoms. The molecular formula is C10H22N2S. The summed E-state index contributed by atoms with van der Waals surface area (Å²) in [4.78, 5) is 2.59. The van der Waals surface area contributed by atoms with E-state index in [1.807, 2.05) is 0 Å². The highest BCUT2D eigenvalue weighted by atomic mass is 32.2. The molecule has 13 heavy (non-hydrogen) atoms. The van der Waals surface area contributed by atoms with Crippen molar-refractivity contribution in [2.75, 3.05) is 44.2 Å². The molecule has 78 valence electrons. The topological polar surface area (TPSA) is 15.3 Å². The molecule has 1 rings (SSSR count). The Kier molecular flexibility index (Phi) is 6.68. The minimum Gasteiger partial charge on any atom is -0.315 e. The van der Waals surface area contributed by atoms with Gasteiger partial charge in [0, 0.05) is 13.1 Å². The maximum absolute atomic E-state index is 3.43. The number of hydrogen-bond acceptors (Lipinski definition) is 3. The Balaban J connectivity index is 1.98. The fourth-order valence-corrected chi connectivity index (χ4v) is 2.28. The molecule has 1 fully saturated rings. The molecule has 0 aliphatic carbocycles. The van der Waals surface area contributed by atoms with Gasteiger partial charge in [0.15, 0.2) is 0 Å². The van der Waals surface area contributed by atoms with Crippen LogP contribution in [0.25, 0.3) is 0 Å². The van der Waals surface area contributed by atoms with E-state index in [2.05, 4.69) is 28.9 Å². The first kappa shape index (κ1) is 11.3. The summed E-state index contributed by atoms with van der Waals surface area (Å²) in [6.07, 6.45) is 2.68. The van der Waals surface area contributed by atoms with Gasteiger partial charge < -0.3 is 10.2 Å². The molecule has 1 N–H and O–H groups in total. The second-order valence-corrected chi connectivity index (χ2v) is 4.89. The third kappa shape index (κ3) is 5.55. The van der Waals surface area contributed by atoms with Gasteiger partial charge in [0.25, 0.3) is 0 Å². The average Bonchev–Trinajstić information content (AvgIpc) is 2.41. The van der Waals surface area contributed by atoms with Gasteiger partial charge in [-0.2, -0.15) is 11.8 Å². The molecule has 1 aliphatic heterocycles. The number of hydrogen-bond donors (Lipinski definition) is 1. The van der Waals surface area contributed by atoms with Gasteiger partial charge in [-0.25, -0.2) is 0 Å². The van der Waals surface area contributed by atoms with Crippen LogP contribution >= 0.6 is 11.8 Å². The number of thioether (sulfide) groups is 1. The van der Waals surface area contributed by atoms with Gasteiger partial charge in [-0.1, -0.05) is 6.92 Å². The van der Waals surface area contributed by atoms with Crippen molar-refractivity contribution >= 4 is 11.8 Å². The monoisotopic (exact) mass is 202 g/mol. The molecule has 0 atom stereocenters. The molecule has 0 amide bonds. The van der Waals surface area contributed by atoms with Gasteiger partial charge >= 0.3 is 0 Å². The molecule has 3 heteroatoms. The summed E-state index contributed by atoms with van der Waals surface area (Å²) in [6, 6.07) is 0. The fraction of sp³-hybridized carbons (Fsp3) is 1.00. The normalized spacial score (nSPS) is 20.1. The average molecular weight is 202 g/mol. The summed E-state index contributed by atoms with van der Waals surface area (Å²) in [5, 5.41) is 3.43. The van der Waals surface area contributed by atoms with Gasteiger partial charge in [-0.3, -0.25) is 0 Å². The summed E-state index contributed by atoms with van der Waals surface area (Å²) in [7, 11) is 0. The molecule has 1 saturated heterocycles. The van der Waals surface area contributed by atoms with Crippen LogP contribution in [0.1, 0.15) is 19.8 Å². The van der Waals surface area contributed by atoms with Gasteiger partial charge in [-0.05, 0) is 44.0 Å². The SMILES string of the molecule is CCSCCCN1CCCNCC1. The van der Waals surface area contributed by atoms with Gasteiger partial charge in [0.05, 0.1) is 0 Å². The summed E-state index contributed by atoms with van der Waals surface area (Å²) < 4.78 is 0. The van der Waals surface area contributed by atoms with Crippen molar-refractivity contribution in [1.29, 1.82) is 0 Å². The Bertz CT molecular complexity index is 111. The molecule has 0 unspecified atom stereocenters. The largest absolute Gasteiger partial charge is 0.315 e. The van der Waals surface area contributed by atoms with Crippen LogP contribution < -0.4 is 5.32 Å². The lowest BCUT2D eigenvalue weighted by molar-refractivity contribution is 0.294. The van der Waals surface area contributed by atoms with E-state index in [0.29, 0.717) is 0 Å². The highest BCUT2D eigenvalue weighted by Crippen LogP contribution is 2.03. The van der Waals surface area contributed by atoms with Gasteiger partial charge in [0.1, 0.15) is 0 Å². The number of nitrogens with one attached hydrogen (secondary N) is 1. The first-order valence-electron chi connectivity index (χ1n) is 5.44. The summed E-state index contributed by atoms with van der Waals surface area (Å²) >= 11 is 2.06. The Morgan fingerprint density at radius 2 is 2.23 bits per heavy atom. The molecule has 1 aliphatic rings. The summed E-state index contributed by atoms with van der Waals surface area (Å²) in [6.45, 7) is 8.47. The van der Waals surface area contributed by atoms with E-state index in [0.717, 1.165) is 0 Å². The Morgan fingerprint density at radius 3 is 3.08 bits per heavy atom. The smallest absolute Gasteiger partial charge is 0.0107 e. The van der Waals surface area contributed by atoms with E-state index in [-0.39, 0.29) is 0 Å². The Morgan fingerprint density at radius 1 is 1.31 bits per heavy atom. The van der Waals surface area contributed by atoms with Gasteiger partial charge in [-0.15, -0.1) is 0 Å². The second kappa shape index (κ2) is 7.65. The lowest BCUT2D eigenvalue weighted by atomic mass is 10.3. The minimum absolute atomic E-state index is 1.18. The maximum atomic E-state index is 3.43. The summed E-state index contributed by atoms with van der Waals surface area (Å²) in [5.41, 5.74) is 0. The van der Waals surface area contributed by atoms with Crippen molar-refractivity contribution in [3.05, 3.63) is 0 Å². The zero-order chi connectivity index (χ0) is 9.36. The van der Waals surface area contributed by atoms with E-state index in [1.54, 1.807) is 0 Å². The van der Waals surface area contributed by atoms with Crippen LogP contribution in [0.2, 0.25) is 0 Å². The Labute approximate surface area is 86.5 Å². The van der Waals surface area contributed by atoms with E-state index in [9.17, 15) is 0 Å². The lowest BCUT2D eigenvalue weighted by Crippen LogP contribution is -2.29. The number of nitrogens with zero attached hydrogens (tertiary/aromatic N) is 1. The first-order chi connectivity index (χ1) is 6.43. The van der Waals surface area contributed by atoms with Crippen molar-refractivity contribution in [2.45, 2.75) is 19.8 Å². The highest BCUT2D eigenvalue weighted by Gasteiger charge is 2.06. The lowest BCUT2D eigenvalue weighted by Gasteiger charge is -2.18. The molecule has 0 radical (unpaired) electrons. The van der Waals surface area contributed by atoms with Crippen molar-refractivity contribution in [2.24, 2.45) is 0 Å². The summed E-state index contributed by atoms with van der Waals surface area (Å²) in [5.74, 6) is 2.60. The zero-order valence-corrected chi connectivity index (χ0v) is 9.54. The van der Waals surface area contributed by atoms with Crippen LogP contribution in [0, 0.1) is 0 Å². The molecule has 0 spiro atoms. The van der Waals surface area contributed by atoms with Crippen molar-refractivity contribution in [3.63, 3.8) is 0 Å². The van der Waals surface area contributed by atoms with Crippen LogP contribution in [0.4, 0.5) is 0 Å². The van der Waals surface area contributed by atoms with Crippen LogP contribution in [-0.4, -0.2) is 49.1 Å². The van der Waals surface area contributed by atoms with E-state index >= 15 is 0 Å². The van der Waals surface area contributed by atoms with Crippen molar-refractivity contribution in [3.8, 4) is 0 Å². The van der Waals surface area contributed by atoms with E-state index < -0.39 is 0 Å². The molecule has 0 aromatic carbocycles. The van der Waals surface area contributed by atoms with Crippen LogP contribution in [0.15, 0.2) is 0 Å². The molecule has 0 aromatic rings. The Hall–Kier alpha value is 0.270. The quantitative estimate of drug-likeness (QED) is 0.679. The second-order valence-electron chi connectivity index (χ2n) is 3.50. The standard InChI is InChI=1S/C10H22N2S/c1-2-13-10-4-8-12-7-3-5-11-6-9-12/h11H,2-10H2,1H3. The van der Waals surface area contributed by atoms with E-state index in [1.165, 1.54) is 57.1 Å². The van der Waals surface area contributed by atoms with E-state index in [4.69, 9.17) is 0 Å². The fourth-order valence-electron chi connectivity index (χ4n) is 1.66. The number of rotatable bonds is 5. The third-order valence-corrected chi connectivity index (χ3v) is 3.39. The third-order valence-electron chi connectivity index (χ3n) is 2.40. The van der Waals surface area contributed by atoms with Crippen LogP contribution in [0.5, 0.6) is 0 Å². The molecule has 0 aromatic heterocycles. The van der Waals surface area contributed by atoms with Gasteiger partial charge in [0.2, 0.25) is 0 Å². The molecule has 0 saturated carbocycles. The predicted molar refractivity (Wildman–Crippen MR) is 61.5 cm³/mol. The van der Waals surface area contributed by atoms with Crippen LogP contribution in [0.3, 0.4) is 0 Å². The maximum Gasteiger partial charge on any atom is 0.0107 e. The highest BCUT2D eigenvalue weighted by molar-refractivity contribution is 7.99. The minimum atomic E-state index is 1.18. The first-order valence-corrected chi connectivity index (χ1v) is 6.59. The zero-order valence-electron chi connectivity index (χ0n) is 8.72. The molecule has 1 heterocycles. The van der Waals surface area contributed by atoms with Crippen LogP contribution in [-0.2, 0) is 0 Å². The molecule has 2 nitrogen and oxygen atoms in total.